The van der Waals surface area contributed by atoms with Crippen LogP contribution in [0.2, 0.25) is 0 Å². The van der Waals surface area contributed by atoms with Crippen molar-refractivity contribution in [2.45, 2.75) is 53.4 Å². The van der Waals surface area contributed by atoms with Crippen LogP contribution >= 0.6 is 0 Å². The summed E-state index contributed by atoms with van der Waals surface area (Å²) in [6.07, 6.45) is -2.71. The van der Waals surface area contributed by atoms with Gasteiger partial charge in [-0.1, -0.05) is 45.9 Å². The number of amides is 2. The Kier molecular flexibility index (Phi) is 10.7. The number of nitrogens with one attached hydrogen (secondary N) is 1. The van der Waals surface area contributed by atoms with Gasteiger partial charge in [-0.15, -0.1) is 0 Å². The summed E-state index contributed by atoms with van der Waals surface area (Å²) in [5.41, 5.74) is 2.61. The van der Waals surface area contributed by atoms with Crippen molar-refractivity contribution < 1.29 is 22.8 Å². The SMILES string of the molecule is CC.CC.N#Cc1cccc(NC(=O)c2cnn3c2C(=O)N(c2ccc(CN4CCC(C(F)(F)F)C4)cc2)CC3)c1. The molecule has 1 saturated heterocycles. The van der Waals surface area contributed by atoms with E-state index in [0.717, 1.165) is 5.56 Å². The molecule has 2 aliphatic heterocycles. The molecule has 8 nitrogen and oxygen atoms in total. The van der Waals surface area contributed by atoms with Crippen molar-refractivity contribution in [3.63, 3.8) is 0 Å². The molecule has 0 bridgehead atoms. The molecule has 11 heteroatoms. The number of fused-ring (bicyclic) bond motifs is 1. The molecule has 3 heterocycles. The maximum absolute atomic E-state index is 13.4. The summed E-state index contributed by atoms with van der Waals surface area (Å²) in [7, 11) is 0. The van der Waals surface area contributed by atoms with Gasteiger partial charge in [0, 0.05) is 31.0 Å². The number of hydrogen-bond donors (Lipinski definition) is 1. The number of benzene rings is 2. The van der Waals surface area contributed by atoms with E-state index in [-0.39, 0.29) is 30.1 Å². The normalized spacial score (nSPS) is 16.5. The molecule has 1 aromatic heterocycles. The fourth-order valence-electron chi connectivity index (χ4n) is 4.76. The smallest absolute Gasteiger partial charge is 0.322 e. The van der Waals surface area contributed by atoms with Crippen molar-refractivity contribution in [3.8, 4) is 6.07 Å². The minimum atomic E-state index is -4.17. The average Bonchev–Trinajstić information content (AvgIpc) is 3.64. The van der Waals surface area contributed by atoms with E-state index in [1.807, 2.05) is 45.9 Å². The molecule has 1 unspecified atom stereocenters. The van der Waals surface area contributed by atoms with Gasteiger partial charge in [-0.3, -0.25) is 19.2 Å². The van der Waals surface area contributed by atoms with Crippen LogP contribution in [0.4, 0.5) is 24.5 Å². The van der Waals surface area contributed by atoms with Crippen molar-refractivity contribution in [3.05, 3.63) is 77.1 Å². The molecule has 1 N–H and O–H groups in total. The summed E-state index contributed by atoms with van der Waals surface area (Å²) in [5.74, 6) is -2.17. The number of likely N-dealkylation sites (tertiary alicyclic amines) is 1. The monoisotopic (exact) mass is 568 g/mol. The third-order valence-corrected chi connectivity index (χ3v) is 6.71. The zero-order chi connectivity index (χ0) is 30.2. The molecule has 5 rings (SSSR count). The molecule has 0 saturated carbocycles. The number of alkyl halides is 3. The third kappa shape index (κ3) is 7.32. The largest absolute Gasteiger partial charge is 0.393 e. The predicted molar refractivity (Wildman–Crippen MR) is 152 cm³/mol. The fraction of sp³-hybridized carbons (Fsp3) is 0.400. The Bertz CT molecular complexity index is 1380. The van der Waals surface area contributed by atoms with Gasteiger partial charge in [-0.05, 0) is 48.9 Å². The minimum absolute atomic E-state index is 0.00843. The van der Waals surface area contributed by atoms with E-state index in [1.54, 1.807) is 40.1 Å². The highest BCUT2D eigenvalue weighted by atomic mass is 19.4. The van der Waals surface area contributed by atoms with Crippen LogP contribution in [-0.2, 0) is 13.1 Å². The highest BCUT2D eigenvalue weighted by Crippen LogP contribution is 2.34. The molecule has 1 fully saturated rings. The van der Waals surface area contributed by atoms with Gasteiger partial charge < -0.3 is 10.2 Å². The van der Waals surface area contributed by atoms with Gasteiger partial charge in [0.1, 0.15) is 5.69 Å². The molecule has 3 aromatic rings. The van der Waals surface area contributed by atoms with Crippen LogP contribution in [0.25, 0.3) is 0 Å². The average molecular weight is 569 g/mol. The van der Waals surface area contributed by atoms with Gasteiger partial charge in [-0.25, -0.2) is 0 Å². The zero-order valence-electron chi connectivity index (χ0n) is 23.7. The van der Waals surface area contributed by atoms with Crippen LogP contribution in [0.5, 0.6) is 0 Å². The zero-order valence-corrected chi connectivity index (χ0v) is 23.7. The maximum Gasteiger partial charge on any atom is 0.393 e. The Morgan fingerprint density at radius 1 is 1.07 bits per heavy atom. The van der Waals surface area contributed by atoms with E-state index >= 15 is 0 Å². The van der Waals surface area contributed by atoms with Crippen LogP contribution in [0.3, 0.4) is 0 Å². The number of carbonyl (C=O) groups is 2. The van der Waals surface area contributed by atoms with Crippen molar-refractivity contribution in [1.29, 1.82) is 5.26 Å². The van der Waals surface area contributed by atoms with Gasteiger partial charge in [0.25, 0.3) is 11.8 Å². The number of halogens is 3. The van der Waals surface area contributed by atoms with Crippen molar-refractivity contribution in [2.24, 2.45) is 5.92 Å². The first-order valence-corrected chi connectivity index (χ1v) is 13.8. The number of anilines is 2. The Hall–Kier alpha value is -4.17. The first-order chi connectivity index (χ1) is 19.7. The molecule has 41 heavy (non-hydrogen) atoms. The highest BCUT2D eigenvalue weighted by molar-refractivity contribution is 6.15. The molecule has 0 aliphatic carbocycles. The van der Waals surface area contributed by atoms with Gasteiger partial charge in [0.05, 0.1) is 35.9 Å². The number of aromatic nitrogens is 2. The molecule has 218 valence electrons. The molecule has 0 spiro atoms. The van der Waals surface area contributed by atoms with Crippen LogP contribution in [0, 0.1) is 17.2 Å². The predicted octanol–water partition coefficient (Wildman–Crippen LogP) is 6.10. The van der Waals surface area contributed by atoms with Crippen molar-refractivity contribution >= 4 is 23.2 Å². The molecular weight excluding hydrogens is 533 g/mol. The lowest BCUT2D eigenvalue weighted by molar-refractivity contribution is -0.170. The summed E-state index contributed by atoms with van der Waals surface area (Å²) < 4.78 is 40.4. The lowest BCUT2D eigenvalue weighted by Crippen LogP contribution is -2.41. The fourth-order valence-corrected chi connectivity index (χ4v) is 4.76. The van der Waals surface area contributed by atoms with E-state index in [1.165, 1.54) is 16.9 Å². The summed E-state index contributed by atoms with van der Waals surface area (Å²) in [6.45, 7) is 9.55. The Morgan fingerprint density at radius 3 is 2.41 bits per heavy atom. The van der Waals surface area contributed by atoms with Gasteiger partial charge in [-0.2, -0.15) is 23.5 Å². The van der Waals surface area contributed by atoms with Gasteiger partial charge in [0.15, 0.2) is 0 Å². The van der Waals surface area contributed by atoms with Crippen LogP contribution in [-0.4, -0.2) is 52.3 Å². The lowest BCUT2D eigenvalue weighted by atomic mass is 10.1. The number of nitriles is 1. The molecule has 2 amide bonds. The van der Waals surface area contributed by atoms with Gasteiger partial charge in [0.2, 0.25) is 0 Å². The standard InChI is InChI=1S/C26H23F3N6O2.2C2H6/c27-26(28,29)19-8-9-33(16-19)15-17-4-6-21(7-5-17)34-10-11-35-23(25(34)37)22(14-31-35)24(36)32-20-3-1-2-18(12-20)13-30;2*1-2/h1-7,12,14,19H,8-11,15-16H2,(H,32,36);2*1-2H3. The number of hydrogen-bond acceptors (Lipinski definition) is 5. The topological polar surface area (TPSA) is 94.3 Å². The molecule has 1 atom stereocenters. The van der Waals surface area contributed by atoms with Crippen LogP contribution < -0.4 is 10.2 Å². The van der Waals surface area contributed by atoms with Crippen LogP contribution in [0.15, 0.2) is 54.7 Å². The minimum Gasteiger partial charge on any atom is -0.322 e. The van der Waals surface area contributed by atoms with E-state index in [0.29, 0.717) is 43.1 Å². The van der Waals surface area contributed by atoms with E-state index in [4.69, 9.17) is 5.26 Å². The second-order valence-electron chi connectivity index (χ2n) is 9.16. The Morgan fingerprint density at radius 2 is 1.78 bits per heavy atom. The van der Waals surface area contributed by atoms with E-state index in [2.05, 4.69) is 10.4 Å². The third-order valence-electron chi connectivity index (χ3n) is 6.71. The Labute approximate surface area is 238 Å². The first kappa shape index (κ1) is 31.4. The summed E-state index contributed by atoms with van der Waals surface area (Å²) in [5, 5.41) is 16.0. The van der Waals surface area contributed by atoms with Gasteiger partial charge >= 0.3 is 6.18 Å². The summed E-state index contributed by atoms with van der Waals surface area (Å²) in [4.78, 5) is 29.7. The van der Waals surface area contributed by atoms with E-state index < -0.39 is 18.0 Å². The Balaban J connectivity index is 0.00000111. The first-order valence-electron chi connectivity index (χ1n) is 13.8. The quantitative estimate of drug-likeness (QED) is 0.401. The molecule has 2 aliphatic rings. The molecule has 2 aromatic carbocycles. The molecular formula is C30H35F3N6O2. The number of rotatable bonds is 5. The number of nitrogens with zero attached hydrogens (tertiary/aromatic N) is 5. The van der Waals surface area contributed by atoms with E-state index in [9.17, 15) is 22.8 Å². The summed E-state index contributed by atoms with van der Waals surface area (Å²) in [6, 6.07) is 15.6. The second-order valence-corrected chi connectivity index (χ2v) is 9.16. The molecule has 0 radical (unpaired) electrons. The second kappa shape index (κ2) is 13.9. The van der Waals surface area contributed by atoms with Crippen molar-refractivity contribution in [1.82, 2.24) is 14.7 Å². The maximum atomic E-state index is 13.4. The van der Waals surface area contributed by atoms with Crippen LogP contribution in [0.1, 0.15) is 66.1 Å². The summed E-state index contributed by atoms with van der Waals surface area (Å²) >= 11 is 0. The highest BCUT2D eigenvalue weighted by Gasteiger charge is 2.43. The van der Waals surface area contributed by atoms with Crippen molar-refractivity contribution in [2.75, 3.05) is 29.9 Å². The number of carbonyl (C=O) groups excluding carboxylic acids is 2. The lowest BCUT2D eigenvalue weighted by Gasteiger charge is -2.28.